The van der Waals surface area contributed by atoms with Gasteiger partial charge in [-0.05, 0) is 35.9 Å². The highest BCUT2D eigenvalue weighted by Gasteiger charge is 2.31. The fourth-order valence-corrected chi connectivity index (χ4v) is 6.25. The van der Waals surface area contributed by atoms with Crippen LogP contribution in [0.1, 0.15) is 5.56 Å². The lowest BCUT2D eigenvalue weighted by Gasteiger charge is -2.33. The molecule has 210 valence electrons. The van der Waals surface area contributed by atoms with Crippen molar-refractivity contribution in [1.82, 2.24) is 14.3 Å². The zero-order valence-electron chi connectivity index (χ0n) is 20.9. The number of rotatable bonds is 7. The van der Waals surface area contributed by atoms with Crippen molar-refractivity contribution in [3.05, 3.63) is 35.9 Å². The van der Waals surface area contributed by atoms with Crippen LogP contribution in [0, 0.1) is 0 Å². The molecule has 0 saturated carbocycles. The molecule has 2 aliphatic heterocycles. The number of piperazine rings is 1. The van der Waals surface area contributed by atoms with E-state index in [0.29, 0.717) is 58.0 Å². The molecule has 2 aliphatic rings. The third kappa shape index (κ3) is 6.87. The molecule has 39 heavy (non-hydrogen) atoms. The topological polar surface area (TPSA) is 112 Å². The van der Waals surface area contributed by atoms with E-state index in [4.69, 9.17) is 9.72 Å². The van der Waals surface area contributed by atoms with Crippen LogP contribution in [0.5, 0.6) is 5.75 Å². The molecule has 0 unspecified atom stereocenters. The van der Waals surface area contributed by atoms with Crippen LogP contribution in [0.2, 0.25) is 0 Å². The summed E-state index contributed by atoms with van der Waals surface area (Å²) in [6.45, 7) is 4.46. The third-order valence-electron chi connectivity index (χ3n) is 6.16. The number of fused-ring (bicyclic) bond motifs is 1. The standard InChI is InChI=1S/C23H26F3N7O4S2/c1-39(34,35)33-8-6-31(7-9-33)19-14-18-20(38-19)21(32-10-12-36-13-11-32)29-22(28-18)30-27-15-16-2-4-17(5-3-16)37-23(24,25)26/h2-5,14-15H,6-13H2,1H3,(H,28,29,30)/b27-15+. The van der Waals surface area contributed by atoms with Crippen LogP contribution in [0.3, 0.4) is 0 Å². The number of alkyl halides is 3. The van der Waals surface area contributed by atoms with E-state index in [9.17, 15) is 21.6 Å². The third-order valence-corrected chi connectivity index (χ3v) is 8.65. The monoisotopic (exact) mass is 585 g/mol. The molecule has 5 rings (SSSR count). The van der Waals surface area contributed by atoms with Crippen molar-refractivity contribution in [1.29, 1.82) is 0 Å². The minimum atomic E-state index is -4.75. The summed E-state index contributed by atoms with van der Waals surface area (Å²) in [4.78, 5) is 13.6. The molecule has 0 atom stereocenters. The van der Waals surface area contributed by atoms with Gasteiger partial charge in [0.2, 0.25) is 16.0 Å². The Hall–Kier alpha value is -3.21. The zero-order chi connectivity index (χ0) is 27.6. The van der Waals surface area contributed by atoms with Crippen molar-refractivity contribution >= 4 is 54.6 Å². The Labute approximate surface area is 226 Å². The van der Waals surface area contributed by atoms with Crippen LogP contribution >= 0.6 is 11.3 Å². The van der Waals surface area contributed by atoms with Crippen molar-refractivity contribution in [2.45, 2.75) is 6.36 Å². The van der Waals surface area contributed by atoms with Crippen molar-refractivity contribution in [2.24, 2.45) is 5.10 Å². The van der Waals surface area contributed by atoms with Crippen molar-refractivity contribution < 1.29 is 31.1 Å². The number of nitrogens with one attached hydrogen (secondary N) is 1. The Morgan fingerprint density at radius 2 is 1.74 bits per heavy atom. The fourth-order valence-electron chi connectivity index (χ4n) is 4.26. The van der Waals surface area contributed by atoms with Crippen LogP contribution < -0.4 is 20.0 Å². The molecule has 1 aromatic carbocycles. The zero-order valence-corrected chi connectivity index (χ0v) is 22.5. The number of hydrazone groups is 1. The number of aromatic nitrogens is 2. The minimum Gasteiger partial charge on any atom is -0.406 e. The largest absolute Gasteiger partial charge is 0.573 e. The lowest BCUT2D eigenvalue weighted by molar-refractivity contribution is -0.274. The quantitative estimate of drug-likeness (QED) is 0.330. The van der Waals surface area contributed by atoms with Crippen molar-refractivity contribution in [3.8, 4) is 5.75 Å². The van der Waals surface area contributed by atoms with Gasteiger partial charge >= 0.3 is 6.36 Å². The number of morpholine rings is 1. The molecule has 2 saturated heterocycles. The molecule has 4 heterocycles. The highest BCUT2D eigenvalue weighted by atomic mass is 32.2. The average Bonchev–Trinajstić information content (AvgIpc) is 3.33. The van der Waals surface area contributed by atoms with E-state index in [1.807, 2.05) is 6.07 Å². The van der Waals surface area contributed by atoms with Crippen LogP contribution in [-0.4, -0.2) is 94.0 Å². The number of anilines is 3. The molecule has 11 nitrogen and oxygen atoms in total. The summed E-state index contributed by atoms with van der Waals surface area (Å²) >= 11 is 1.56. The summed E-state index contributed by atoms with van der Waals surface area (Å²) in [5.74, 6) is 0.701. The van der Waals surface area contributed by atoms with E-state index >= 15 is 0 Å². The molecule has 0 radical (unpaired) electrons. The first kappa shape index (κ1) is 27.4. The van der Waals surface area contributed by atoms with Crippen molar-refractivity contribution in [3.63, 3.8) is 0 Å². The number of hydrogen-bond donors (Lipinski definition) is 1. The molecule has 2 aromatic heterocycles. The van der Waals surface area contributed by atoms with Gasteiger partial charge in [0.05, 0.1) is 40.9 Å². The summed E-state index contributed by atoms with van der Waals surface area (Å²) in [6.07, 6.45) is -2.09. The van der Waals surface area contributed by atoms with Gasteiger partial charge in [0.25, 0.3) is 0 Å². The second-order valence-electron chi connectivity index (χ2n) is 8.91. The number of benzene rings is 1. The summed E-state index contributed by atoms with van der Waals surface area (Å²) in [6, 6.07) is 7.28. The average molecular weight is 586 g/mol. The van der Waals surface area contributed by atoms with Gasteiger partial charge in [-0.15, -0.1) is 24.5 Å². The molecule has 0 spiro atoms. The van der Waals surface area contributed by atoms with Crippen molar-refractivity contribution in [2.75, 3.05) is 74.0 Å². The predicted octanol–water partition coefficient (Wildman–Crippen LogP) is 2.95. The van der Waals surface area contributed by atoms with Crippen LogP contribution in [0.15, 0.2) is 35.4 Å². The number of sulfonamides is 1. The Morgan fingerprint density at radius 3 is 2.38 bits per heavy atom. The summed E-state index contributed by atoms with van der Waals surface area (Å²) < 4.78 is 72.6. The summed E-state index contributed by atoms with van der Waals surface area (Å²) in [7, 11) is -3.23. The van der Waals surface area contributed by atoms with Crippen LogP contribution in [0.4, 0.5) is 29.9 Å². The first-order valence-electron chi connectivity index (χ1n) is 12.0. The highest BCUT2D eigenvalue weighted by Crippen LogP contribution is 2.38. The van der Waals surface area contributed by atoms with Gasteiger partial charge in [-0.2, -0.15) is 14.4 Å². The van der Waals surface area contributed by atoms with E-state index in [-0.39, 0.29) is 11.7 Å². The van der Waals surface area contributed by atoms with Gasteiger partial charge in [0.15, 0.2) is 5.82 Å². The Morgan fingerprint density at radius 1 is 1.05 bits per heavy atom. The maximum Gasteiger partial charge on any atom is 0.573 e. The molecular weight excluding hydrogens is 559 g/mol. The molecule has 0 aliphatic carbocycles. The van der Waals surface area contributed by atoms with Gasteiger partial charge < -0.3 is 19.3 Å². The molecule has 2 fully saturated rings. The fraction of sp³-hybridized carbons (Fsp3) is 0.435. The van der Waals surface area contributed by atoms with E-state index < -0.39 is 16.4 Å². The first-order chi connectivity index (χ1) is 18.5. The second kappa shape index (κ2) is 11.1. The summed E-state index contributed by atoms with van der Waals surface area (Å²) in [5, 5.41) is 5.14. The van der Waals surface area contributed by atoms with Gasteiger partial charge in [-0.25, -0.2) is 18.8 Å². The lowest BCUT2D eigenvalue weighted by Crippen LogP contribution is -2.48. The number of ether oxygens (including phenoxy) is 2. The number of hydrogen-bond acceptors (Lipinski definition) is 11. The number of halogens is 3. The second-order valence-corrected chi connectivity index (χ2v) is 11.9. The van der Waals surface area contributed by atoms with E-state index in [0.717, 1.165) is 21.0 Å². The Kier molecular flexibility index (Phi) is 7.80. The molecule has 16 heteroatoms. The van der Waals surface area contributed by atoms with E-state index in [1.165, 1.54) is 41.0 Å². The first-order valence-corrected chi connectivity index (χ1v) is 14.7. The number of thiophene rings is 1. The maximum atomic E-state index is 12.4. The van der Waals surface area contributed by atoms with Gasteiger partial charge in [-0.1, -0.05) is 0 Å². The molecule has 1 N–H and O–H groups in total. The highest BCUT2D eigenvalue weighted by molar-refractivity contribution is 7.88. The smallest absolute Gasteiger partial charge is 0.406 e. The molecular formula is C23H26F3N7O4S2. The van der Waals surface area contributed by atoms with E-state index in [2.05, 4.69) is 30.0 Å². The Bertz CT molecular complexity index is 1430. The van der Waals surface area contributed by atoms with Gasteiger partial charge in [0.1, 0.15) is 5.75 Å². The predicted molar refractivity (Wildman–Crippen MR) is 143 cm³/mol. The number of nitrogens with zero attached hydrogens (tertiary/aromatic N) is 6. The Balaban J connectivity index is 1.36. The van der Waals surface area contributed by atoms with Gasteiger partial charge in [0, 0.05) is 39.3 Å². The van der Waals surface area contributed by atoms with Crippen LogP contribution in [-0.2, 0) is 14.8 Å². The lowest BCUT2D eigenvalue weighted by atomic mass is 10.2. The SMILES string of the molecule is CS(=O)(=O)N1CCN(c2cc3nc(N/N=C/c4ccc(OC(F)(F)F)cc4)nc(N4CCOCC4)c3s2)CC1. The van der Waals surface area contributed by atoms with E-state index in [1.54, 1.807) is 11.3 Å². The summed E-state index contributed by atoms with van der Waals surface area (Å²) in [5.41, 5.74) is 4.10. The molecule has 3 aromatic rings. The van der Waals surface area contributed by atoms with Gasteiger partial charge in [-0.3, -0.25) is 0 Å². The molecule has 0 amide bonds. The maximum absolute atomic E-state index is 12.4. The minimum absolute atomic E-state index is 0.267. The molecule has 0 bridgehead atoms. The van der Waals surface area contributed by atoms with Crippen LogP contribution in [0.25, 0.3) is 10.2 Å². The normalized spacial score (nSPS) is 17.7.